The minimum atomic E-state index is -0.245. The first kappa shape index (κ1) is 29.2. The lowest BCUT2D eigenvalue weighted by Gasteiger charge is -2.52. The summed E-state index contributed by atoms with van der Waals surface area (Å²) in [5, 5.41) is 0. The molecule has 0 spiro atoms. The van der Waals surface area contributed by atoms with Crippen molar-refractivity contribution in [1.82, 2.24) is 0 Å². The molecule has 6 atom stereocenters. The Morgan fingerprint density at radius 3 is 2.19 bits per heavy atom. The Hall–Kier alpha value is -1.31. The highest BCUT2D eigenvalue weighted by molar-refractivity contribution is 5.65. The Morgan fingerprint density at radius 2 is 1.50 bits per heavy atom. The first-order chi connectivity index (χ1) is 17.6. The van der Waals surface area contributed by atoms with Gasteiger partial charge in [-0.25, -0.2) is 0 Å². The number of hydrogen-bond donors (Lipinski definition) is 0. The molecule has 0 aromatic rings. The Kier molecular flexibility index (Phi) is 12.3. The fraction of sp³-hybridized carbons (Fsp3) is 0.794. The van der Waals surface area contributed by atoms with Gasteiger partial charge in [-0.1, -0.05) is 69.4 Å². The van der Waals surface area contributed by atoms with E-state index in [4.69, 9.17) is 0 Å². The van der Waals surface area contributed by atoms with Crippen molar-refractivity contribution < 1.29 is 9.53 Å². The van der Waals surface area contributed by atoms with E-state index in [-0.39, 0.29) is 5.97 Å². The van der Waals surface area contributed by atoms with Crippen molar-refractivity contribution in [3.05, 3.63) is 35.5 Å². The van der Waals surface area contributed by atoms with Crippen LogP contribution in [0.1, 0.15) is 130 Å². The third-order valence-electron chi connectivity index (χ3n) is 10.3. The summed E-state index contributed by atoms with van der Waals surface area (Å²) in [6.45, 7) is 9.63. The van der Waals surface area contributed by atoms with Gasteiger partial charge in [0.05, 0.1) is 7.11 Å². The van der Waals surface area contributed by atoms with Crippen molar-refractivity contribution in [3.63, 3.8) is 0 Å². The van der Waals surface area contributed by atoms with Gasteiger partial charge in [0.2, 0.25) is 0 Å². The predicted molar refractivity (Wildman–Crippen MR) is 154 cm³/mol. The zero-order chi connectivity index (χ0) is 25.9. The predicted octanol–water partition coefficient (Wildman–Crippen LogP) is 10.00. The number of ether oxygens (including phenoxy) is 1. The van der Waals surface area contributed by atoms with E-state index in [2.05, 4.69) is 23.5 Å². The maximum absolute atomic E-state index is 9.59. The van der Waals surface area contributed by atoms with E-state index < -0.39 is 0 Å². The number of carbonyl (C=O) groups excluding carboxylic acids is 1. The molecule has 5 saturated carbocycles. The lowest BCUT2D eigenvalue weighted by molar-refractivity contribution is -0.137. The van der Waals surface area contributed by atoms with Crippen LogP contribution in [-0.2, 0) is 9.53 Å². The molecule has 0 aromatic heterocycles. The van der Waals surface area contributed by atoms with Crippen molar-refractivity contribution in [2.45, 2.75) is 130 Å². The van der Waals surface area contributed by atoms with Crippen molar-refractivity contribution in [1.29, 1.82) is 0 Å². The fourth-order valence-electron chi connectivity index (χ4n) is 8.73. The van der Waals surface area contributed by atoms with E-state index in [9.17, 15) is 4.79 Å². The second-order valence-electron chi connectivity index (χ2n) is 11.9. The Morgan fingerprint density at radius 1 is 0.833 bits per heavy atom. The highest BCUT2D eigenvalue weighted by atomic mass is 16.5. The molecule has 0 radical (unpaired) electrons. The third-order valence-corrected chi connectivity index (χ3v) is 10.3. The normalized spacial score (nSPS) is 34.3. The summed E-state index contributed by atoms with van der Waals surface area (Å²) >= 11 is 0. The lowest BCUT2D eigenvalue weighted by Crippen LogP contribution is -2.43. The molecule has 6 unspecified atom stereocenters. The molecule has 0 heterocycles. The molecule has 5 aliphatic carbocycles. The van der Waals surface area contributed by atoms with E-state index in [1.54, 1.807) is 43.3 Å². The molecular weight excluding hydrogens is 440 g/mol. The monoisotopic (exact) mass is 496 g/mol. The molecule has 36 heavy (non-hydrogen) atoms. The van der Waals surface area contributed by atoms with Crippen LogP contribution in [0.15, 0.2) is 35.5 Å². The van der Waals surface area contributed by atoms with Crippen LogP contribution in [0, 0.1) is 35.5 Å². The number of hydrogen-bond acceptors (Lipinski definition) is 2. The summed E-state index contributed by atoms with van der Waals surface area (Å²) < 4.78 is 4.11. The zero-order valence-electron chi connectivity index (χ0n) is 24.2. The number of methoxy groups -OCH3 is 1. The quantitative estimate of drug-likeness (QED) is 0.286. The Labute approximate surface area is 223 Å². The van der Waals surface area contributed by atoms with E-state index in [1.165, 1.54) is 91.1 Å². The number of carbonyl (C=O) groups is 1. The van der Waals surface area contributed by atoms with Gasteiger partial charge < -0.3 is 4.74 Å². The topological polar surface area (TPSA) is 26.3 Å². The summed E-state index contributed by atoms with van der Waals surface area (Å²) in [7, 11) is 1.35. The van der Waals surface area contributed by atoms with Crippen LogP contribution in [0.2, 0.25) is 0 Å². The number of rotatable bonds is 4. The largest absolute Gasteiger partial charge is 0.469 e. The van der Waals surface area contributed by atoms with E-state index >= 15 is 0 Å². The van der Waals surface area contributed by atoms with Crippen LogP contribution in [-0.4, -0.2) is 13.1 Å². The molecule has 0 amide bonds. The van der Waals surface area contributed by atoms with E-state index in [0.29, 0.717) is 0 Å². The molecule has 5 fully saturated rings. The summed E-state index contributed by atoms with van der Waals surface area (Å²) in [5.41, 5.74) is 5.25. The summed E-state index contributed by atoms with van der Waals surface area (Å²) in [6.07, 6.45) is 29.7. The molecule has 5 rings (SSSR count). The second-order valence-corrected chi connectivity index (χ2v) is 11.9. The molecule has 2 nitrogen and oxygen atoms in total. The Bertz CT molecular complexity index is 751. The molecule has 204 valence electrons. The molecule has 2 heteroatoms. The average Bonchev–Trinajstić information content (AvgIpc) is 3.37. The number of esters is 1. The smallest absolute Gasteiger partial charge is 0.302 e. The van der Waals surface area contributed by atoms with Crippen molar-refractivity contribution in [2.75, 3.05) is 7.11 Å². The molecule has 5 aliphatic rings. The van der Waals surface area contributed by atoms with Gasteiger partial charge in [-0.3, -0.25) is 4.79 Å². The first-order valence-corrected chi connectivity index (χ1v) is 15.7. The van der Waals surface area contributed by atoms with Gasteiger partial charge in [0, 0.05) is 6.92 Å². The van der Waals surface area contributed by atoms with Crippen molar-refractivity contribution >= 4 is 5.97 Å². The van der Waals surface area contributed by atoms with Crippen LogP contribution >= 0.6 is 0 Å². The van der Waals surface area contributed by atoms with Crippen LogP contribution in [0.25, 0.3) is 0 Å². The summed E-state index contributed by atoms with van der Waals surface area (Å²) in [6, 6.07) is 0. The standard InChI is InChI=1S/C29H44.C3H6O2.C2H6/c1-2-22(13-8-11-21-9-4-3-5-10-21)25-17-18-29-27(25)20-19-26-24-14-7-6-12-23(24)15-16-28(26)29;1-3(4)5-2;1-2/h2,11,23-24,26-29H,1,3-10,12-20H2;1-2H3;1-2H3/b25-22-;;. The van der Waals surface area contributed by atoms with Gasteiger partial charge in [-0.15, -0.1) is 0 Å². The van der Waals surface area contributed by atoms with Crippen LogP contribution in [0.3, 0.4) is 0 Å². The van der Waals surface area contributed by atoms with E-state index in [0.717, 1.165) is 35.5 Å². The van der Waals surface area contributed by atoms with E-state index in [1.807, 2.05) is 19.4 Å². The zero-order valence-corrected chi connectivity index (χ0v) is 24.2. The van der Waals surface area contributed by atoms with Crippen molar-refractivity contribution in [3.8, 4) is 0 Å². The highest BCUT2D eigenvalue weighted by Crippen LogP contribution is 2.59. The van der Waals surface area contributed by atoms with Gasteiger partial charge in [-0.2, -0.15) is 0 Å². The van der Waals surface area contributed by atoms with Gasteiger partial charge in [0.25, 0.3) is 0 Å². The Balaban J connectivity index is 0.000000463. The maximum atomic E-state index is 9.59. The first-order valence-electron chi connectivity index (χ1n) is 15.7. The number of fused-ring (bicyclic) bond motifs is 5. The van der Waals surface area contributed by atoms with Crippen LogP contribution in [0.4, 0.5) is 0 Å². The van der Waals surface area contributed by atoms with Gasteiger partial charge in [-0.05, 0) is 125 Å². The van der Waals surface area contributed by atoms with Gasteiger partial charge in [0.15, 0.2) is 0 Å². The highest BCUT2D eigenvalue weighted by Gasteiger charge is 2.49. The molecule has 0 aliphatic heterocycles. The fourth-order valence-corrected chi connectivity index (χ4v) is 8.73. The summed E-state index contributed by atoms with van der Waals surface area (Å²) in [4.78, 5) is 9.59. The minimum Gasteiger partial charge on any atom is -0.469 e. The minimum absolute atomic E-state index is 0.245. The lowest BCUT2D eigenvalue weighted by atomic mass is 9.53. The van der Waals surface area contributed by atoms with Crippen molar-refractivity contribution in [2.24, 2.45) is 35.5 Å². The third kappa shape index (κ3) is 7.38. The van der Waals surface area contributed by atoms with Gasteiger partial charge >= 0.3 is 5.97 Å². The molecule has 0 saturated heterocycles. The second kappa shape index (κ2) is 15.2. The summed E-state index contributed by atoms with van der Waals surface area (Å²) in [5.74, 6) is 6.08. The number of allylic oxidation sites excluding steroid dienone is 5. The van der Waals surface area contributed by atoms with Gasteiger partial charge in [0.1, 0.15) is 0 Å². The molecule has 0 N–H and O–H groups in total. The average molecular weight is 497 g/mol. The van der Waals surface area contributed by atoms with Crippen LogP contribution < -0.4 is 0 Å². The van der Waals surface area contributed by atoms with Crippen LogP contribution in [0.5, 0.6) is 0 Å². The molecule has 0 aromatic carbocycles. The molecular formula is C34H56O2. The SMILES string of the molecule is C=C/C(CCC=C1CCCCC1)=C1\CCC2C1CCC1C3CCCCC3CCC21.CC.COC(C)=O. The molecule has 0 bridgehead atoms. The maximum Gasteiger partial charge on any atom is 0.302 e.